The van der Waals surface area contributed by atoms with Gasteiger partial charge in [0.2, 0.25) is 0 Å². The number of hydrogen-bond donors (Lipinski definition) is 0. The summed E-state index contributed by atoms with van der Waals surface area (Å²) in [6.07, 6.45) is 0.829. The van der Waals surface area contributed by atoms with E-state index in [0.29, 0.717) is 37.5 Å². The van der Waals surface area contributed by atoms with Gasteiger partial charge in [-0.3, -0.25) is 9.59 Å². The van der Waals surface area contributed by atoms with Crippen molar-refractivity contribution in [2.24, 2.45) is 0 Å². The number of ether oxygens (including phenoxy) is 1. The van der Waals surface area contributed by atoms with E-state index in [1.807, 2.05) is 25.1 Å². The normalized spacial score (nSPS) is 14.2. The molecular formula is C21H23FN2O3. The molecule has 2 amide bonds. The Morgan fingerprint density at radius 2 is 1.56 bits per heavy atom. The summed E-state index contributed by atoms with van der Waals surface area (Å²) in [7, 11) is 1.54. The summed E-state index contributed by atoms with van der Waals surface area (Å²) >= 11 is 0. The molecule has 1 heterocycles. The fraction of sp³-hybridized carbons (Fsp3) is 0.333. The Kier molecular flexibility index (Phi) is 5.74. The first-order valence-electron chi connectivity index (χ1n) is 9.05. The molecule has 142 valence electrons. The van der Waals surface area contributed by atoms with E-state index in [-0.39, 0.29) is 17.4 Å². The minimum atomic E-state index is -0.526. The number of halogens is 1. The van der Waals surface area contributed by atoms with Crippen molar-refractivity contribution < 1.29 is 18.7 Å². The minimum Gasteiger partial charge on any atom is -0.496 e. The van der Waals surface area contributed by atoms with E-state index >= 15 is 0 Å². The van der Waals surface area contributed by atoms with E-state index in [4.69, 9.17) is 4.74 Å². The molecule has 0 saturated carbocycles. The lowest BCUT2D eigenvalue weighted by Gasteiger charge is -2.35. The van der Waals surface area contributed by atoms with Crippen molar-refractivity contribution in [3.8, 4) is 5.75 Å². The number of benzene rings is 2. The van der Waals surface area contributed by atoms with Crippen LogP contribution < -0.4 is 4.74 Å². The largest absolute Gasteiger partial charge is 0.496 e. The minimum absolute atomic E-state index is 0.0644. The smallest absolute Gasteiger partial charge is 0.257 e. The molecule has 0 aromatic heterocycles. The van der Waals surface area contributed by atoms with Gasteiger partial charge in [0.25, 0.3) is 11.8 Å². The fourth-order valence-electron chi connectivity index (χ4n) is 3.23. The molecule has 1 saturated heterocycles. The summed E-state index contributed by atoms with van der Waals surface area (Å²) in [4.78, 5) is 28.7. The highest BCUT2D eigenvalue weighted by molar-refractivity contribution is 5.98. The Morgan fingerprint density at radius 3 is 2.11 bits per heavy atom. The number of rotatable bonds is 4. The summed E-state index contributed by atoms with van der Waals surface area (Å²) in [6, 6.07) is 11.6. The molecule has 6 heteroatoms. The Bertz CT molecular complexity index is 845. The number of carbonyl (C=O) groups excluding carboxylic acids is 2. The Balaban J connectivity index is 1.70. The van der Waals surface area contributed by atoms with Gasteiger partial charge in [0.05, 0.1) is 18.2 Å². The maximum Gasteiger partial charge on any atom is 0.257 e. The van der Waals surface area contributed by atoms with Gasteiger partial charge in [-0.25, -0.2) is 4.39 Å². The predicted molar refractivity (Wildman–Crippen MR) is 101 cm³/mol. The van der Waals surface area contributed by atoms with Gasteiger partial charge in [0, 0.05) is 26.2 Å². The number of amides is 2. The van der Waals surface area contributed by atoms with Crippen molar-refractivity contribution in [1.29, 1.82) is 0 Å². The van der Waals surface area contributed by atoms with Gasteiger partial charge in [0.15, 0.2) is 0 Å². The Hall–Kier alpha value is -2.89. The second-order valence-corrected chi connectivity index (χ2v) is 6.45. The van der Waals surface area contributed by atoms with Crippen molar-refractivity contribution in [2.75, 3.05) is 33.3 Å². The first kappa shape index (κ1) is 18.9. The summed E-state index contributed by atoms with van der Waals surface area (Å²) in [5.74, 6) is -0.435. The molecule has 1 fully saturated rings. The van der Waals surface area contributed by atoms with Crippen molar-refractivity contribution in [3.63, 3.8) is 0 Å². The van der Waals surface area contributed by atoms with Crippen LogP contribution in [0.3, 0.4) is 0 Å². The highest BCUT2D eigenvalue weighted by Crippen LogP contribution is 2.23. The topological polar surface area (TPSA) is 49.9 Å². The van der Waals surface area contributed by atoms with Gasteiger partial charge < -0.3 is 14.5 Å². The number of carbonyl (C=O) groups is 2. The van der Waals surface area contributed by atoms with Crippen LogP contribution in [0.5, 0.6) is 5.75 Å². The van der Waals surface area contributed by atoms with Crippen LogP contribution in [0.4, 0.5) is 4.39 Å². The van der Waals surface area contributed by atoms with Crippen LogP contribution in [0, 0.1) is 5.82 Å². The second kappa shape index (κ2) is 8.20. The van der Waals surface area contributed by atoms with Crippen molar-refractivity contribution in [2.45, 2.75) is 13.3 Å². The average Bonchev–Trinajstić information content (AvgIpc) is 2.72. The second-order valence-electron chi connectivity index (χ2n) is 6.45. The fourth-order valence-corrected chi connectivity index (χ4v) is 3.23. The third-order valence-electron chi connectivity index (χ3n) is 4.86. The lowest BCUT2D eigenvalue weighted by Crippen LogP contribution is -2.50. The van der Waals surface area contributed by atoms with Crippen molar-refractivity contribution in [1.82, 2.24) is 9.80 Å². The zero-order chi connectivity index (χ0) is 19.4. The highest BCUT2D eigenvalue weighted by Gasteiger charge is 2.28. The molecule has 27 heavy (non-hydrogen) atoms. The quantitative estimate of drug-likeness (QED) is 0.831. The standard InChI is InChI=1S/C21H23FN2O3/c1-3-15-8-9-19(27-2)17(14-15)21(26)24-12-10-23(11-13-24)20(25)16-6-4-5-7-18(16)22/h4-9,14H,3,10-13H2,1-2H3. The van der Waals surface area contributed by atoms with Gasteiger partial charge in [-0.2, -0.15) is 0 Å². The maximum absolute atomic E-state index is 13.9. The molecule has 1 aliphatic heterocycles. The van der Waals surface area contributed by atoms with E-state index < -0.39 is 5.82 Å². The number of methoxy groups -OCH3 is 1. The molecule has 3 rings (SSSR count). The molecule has 0 spiro atoms. The van der Waals surface area contributed by atoms with Gasteiger partial charge in [0.1, 0.15) is 11.6 Å². The molecule has 0 aliphatic carbocycles. The predicted octanol–water partition coefficient (Wildman–Crippen LogP) is 2.99. The van der Waals surface area contributed by atoms with Crippen LogP contribution >= 0.6 is 0 Å². The summed E-state index contributed by atoms with van der Waals surface area (Å²) < 4.78 is 19.2. The number of aryl methyl sites for hydroxylation is 1. The molecule has 2 aromatic rings. The number of piperazine rings is 1. The summed E-state index contributed by atoms with van der Waals surface area (Å²) in [6.45, 7) is 3.57. The van der Waals surface area contributed by atoms with Gasteiger partial charge >= 0.3 is 0 Å². The van der Waals surface area contributed by atoms with Crippen LogP contribution in [0.1, 0.15) is 33.2 Å². The van der Waals surface area contributed by atoms with Gasteiger partial charge in [-0.15, -0.1) is 0 Å². The summed E-state index contributed by atoms with van der Waals surface area (Å²) in [5, 5.41) is 0. The maximum atomic E-state index is 13.9. The first-order valence-corrected chi connectivity index (χ1v) is 9.05. The molecule has 0 atom stereocenters. The molecule has 0 bridgehead atoms. The first-order chi connectivity index (χ1) is 13.0. The molecule has 0 N–H and O–H groups in total. The number of hydrogen-bond acceptors (Lipinski definition) is 3. The van der Waals surface area contributed by atoms with E-state index in [9.17, 15) is 14.0 Å². The van der Waals surface area contributed by atoms with E-state index in [1.54, 1.807) is 29.0 Å². The van der Waals surface area contributed by atoms with E-state index in [2.05, 4.69) is 0 Å². The third kappa shape index (κ3) is 3.94. The molecular weight excluding hydrogens is 347 g/mol. The van der Waals surface area contributed by atoms with E-state index in [1.165, 1.54) is 12.1 Å². The molecule has 1 aliphatic rings. The van der Waals surface area contributed by atoms with E-state index in [0.717, 1.165) is 12.0 Å². The van der Waals surface area contributed by atoms with Crippen LogP contribution in [0.2, 0.25) is 0 Å². The van der Waals surface area contributed by atoms with Crippen LogP contribution in [0.15, 0.2) is 42.5 Å². The highest BCUT2D eigenvalue weighted by atomic mass is 19.1. The Morgan fingerprint density at radius 1 is 0.963 bits per heavy atom. The van der Waals surface area contributed by atoms with Crippen LogP contribution in [-0.4, -0.2) is 54.9 Å². The molecule has 5 nitrogen and oxygen atoms in total. The molecule has 0 radical (unpaired) electrons. The van der Waals surface area contributed by atoms with Crippen LogP contribution in [0.25, 0.3) is 0 Å². The lowest BCUT2D eigenvalue weighted by molar-refractivity contribution is 0.0531. The monoisotopic (exact) mass is 370 g/mol. The zero-order valence-electron chi connectivity index (χ0n) is 15.6. The lowest BCUT2D eigenvalue weighted by atomic mass is 10.1. The Labute approximate surface area is 158 Å². The summed E-state index contributed by atoms with van der Waals surface area (Å²) in [5.41, 5.74) is 1.66. The third-order valence-corrected chi connectivity index (χ3v) is 4.86. The number of nitrogens with zero attached hydrogens (tertiary/aromatic N) is 2. The van der Waals surface area contributed by atoms with Crippen molar-refractivity contribution >= 4 is 11.8 Å². The van der Waals surface area contributed by atoms with Crippen molar-refractivity contribution in [3.05, 3.63) is 65.0 Å². The average molecular weight is 370 g/mol. The SMILES string of the molecule is CCc1ccc(OC)c(C(=O)N2CCN(C(=O)c3ccccc3F)CC2)c1. The van der Waals surface area contributed by atoms with Crippen LogP contribution in [-0.2, 0) is 6.42 Å². The molecule has 0 unspecified atom stereocenters. The van der Waals surface area contributed by atoms with Gasteiger partial charge in [-0.05, 0) is 36.2 Å². The zero-order valence-corrected chi connectivity index (χ0v) is 15.6. The van der Waals surface area contributed by atoms with Gasteiger partial charge in [-0.1, -0.05) is 25.1 Å². The molecule has 2 aromatic carbocycles.